The summed E-state index contributed by atoms with van der Waals surface area (Å²) in [5.74, 6) is 0. The Labute approximate surface area is 195 Å². The van der Waals surface area contributed by atoms with E-state index in [2.05, 4.69) is 34.6 Å². The van der Waals surface area contributed by atoms with Crippen molar-refractivity contribution in [2.24, 2.45) is 0 Å². The van der Waals surface area contributed by atoms with Crippen LogP contribution in [0.15, 0.2) is 21.7 Å². The Hall–Kier alpha value is -2.56. The molecule has 0 aliphatic rings. The maximum Gasteiger partial charge on any atom is 0.195 e. The van der Waals surface area contributed by atoms with Crippen LogP contribution in [-0.4, -0.2) is 0 Å². The third-order valence-electron chi connectivity index (χ3n) is 7.39. The average molecular weight is 459 g/mol. The van der Waals surface area contributed by atoms with Crippen LogP contribution in [0.2, 0.25) is 0 Å². The van der Waals surface area contributed by atoms with E-state index in [4.69, 9.17) is 0 Å². The molecule has 32 heavy (non-hydrogen) atoms. The average Bonchev–Trinajstić information content (AvgIpc) is 3.42. The Morgan fingerprint density at radius 3 is 1.62 bits per heavy atom. The Balaban J connectivity index is 1.82. The van der Waals surface area contributed by atoms with E-state index in [1.54, 1.807) is 11.3 Å². The molecule has 0 radical (unpaired) electrons. The number of fused-ring (bicyclic) bond motifs is 2. The fourth-order valence-corrected chi connectivity index (χ4v) is 7.75. The minimum absolute atomic E-state index is 0.0833. The van der Waals surface area contributed by atoms with Gasteiger partial charge >= 0.3 is 0 Å². The van der Waals surface area contributed by atoms with Gasteiger partial charge in [0.25, 0.3) is 0 Å². The number of aryl methyl sites for hydroxylation is 4. The van der Waals surface area contributed by atoms with Gasteiger partial charge in [-0.1, -0.05) is 0 Å². The van der Waals surface area contributed by atoms with E-state index in [1.807, 2.05) is 44.2 Å². The van der Waals surface area contributed by atoms with Crippen molar-refractivity contribution in [1.82, 2.24) is 0 Å². The van der Waals surface area contributed by atoms with Gasteiger partial charge in [0.15, 0.2) is 10.9 Å². The zero-order valence-corrected chi connectivity index (χ0v) is 21.4. The monoisotopic (exact) mass is 458 g/mol. The quantitative estimate of drug-likeness (QED) is 0.274. The highest BCUT2D eigenvalue weighted by Crippen LogP contribution is 2.46. The molecule has 3 aromatic carbocycles. The normalized spacial score (nSPS) is 12.0. The molecule has 0 aliphatic heterocycles. The molecule has 0 atom stereocenters. The number of hydrogen-bond acceptors (Lipinski definition) is 4. The van der Waals surface area contributed by atoms with Gasteiger partial charge in [0, 0.05) is 35.8 Å². The molecule has 0 N–H and O–H groups in total. The molecule has 162 valence electrons. The van der Waals surface area contributed by atoms with Gasteiger partial charge in [-0.15, -0.1) is 22.7 Å². The van der Waals surface area contributed by atoms with Crippen molar-refractivity contribution in [1.29, 1.82) is 0 Å². The Morgan fingerprint density at radius 1 is 0.531 bits per heavy atom. The van der Waals surface area contributed by atoms with Crippen LogP contribution in [0, 0.1) is 55.4 Å². The van der Waals surface area contributed by atoms with Gasteiger partial charge in [0.2, 0.25) is 0 Å². The first-order valence-corrected chi connectivity index (χ1v) is 12.5. The predicted molar refractivity (Wildman–Crippen MR) is 141 cm³/mol. The van der Waals surface area contributed by atoms with Crippen LogP contribution in [0.1, 0.15) is 43.8 Å². The molecule has 4 heteroatoms. The molecule has 0 saturated heterocycles. The van der Waals surface area contributed by atoms with Crippen molar-refractivity contribution in [2.75, 3.05) is 0 Å². The molecule has 0 saturated carbocycles. The topological polar surface area (TPSA) is 34.1 Å². The van der Waals surface area contributed by atoms with Crippen LogP contribution in [0.3, 0.4) is 0 Å². The SMILES string of the molecule is Cc1sc(-c2sc(-c3cc4c(C)c5c(=O)c(C)cc5c(C)c4c3=O)c(C)c2C)c(C)c1C. The first kappa shape index (κ1) is 21.3. The number of benzene rings is 1. The van der Waals surface area contributed by atoms with Crippen molar-refractivity contribution < 1.29 is 0 Å². The second-order valence-electron chi connectivity index (χ2n) is 9.12. The maximum atomic E-state index is 13.7. The Bertz CT molecular complexity index is 1680. The smallest absolute Gasteiger partial charge is 0.195 e. The summed E-state index contributed by atoms with van der Waals surface area (Å²) in [6.07, 6.45) is 0. The second-order valence-corrected chi connectivity index (χ2v) is 11.4. The van der Waals surface area contributed by atoms with E-state index in [0.717, 1.165) is 48.7 Å². The summed E-state index contributed by atoms with van der Waals surface area (Å²) in [5.41, 5.74) is 8.65. The highest BCUT2D eigenvalue weighted by molar-refractivity contribution is 7.24. The van der Waals surface area contributed by atoms with Crippen LogP contribution in [0.4, 0.5) is 0 Å². The predicted octanol–water partition coefficient (Wildman–Crippen LogP) is 7.51. The van der Waals surface area contributed by atoms with Gasteiger partial charge in [-0.25, -0.2) is 0 Å². The van der Waals surface area contributed by atoms with Gasteiger partial charge in [-0.05, 0) is 117 Å². The number of thiophene rings is 2. The van der Waals surface area contributed by atoms with Crippen molar-refractivity contribution in [3.63, 3.8) is 0 Å². The maximum absolute atomic E-state index is 13.7. The largest absolute Gasteiger partial charge is 0.289 e. The van der Waals surface area contributed by atoms with Gasteiger partial charge < -0.3 is 0 Å². The lowest BCUT2D eigenvalue weighted by molar-refractivity contribution is 1.35. The molecule has 2 nitrogen and oxygen atoms in total. The van der Waals surface area contributed by atoms with Crippen molar-refractivity contribution >= 4 is 44.2 Å². The summed E-state index contributed by atoms with van der Waals surface area (Å²) in [5, 5.41) is 3.38. The molecule has 0 unspecified atom stereocenters. The Kier molecular flexibility index (Phi) is 4.64. The second kappa shape index (κ2) is 6.97. The molecule has 0 spiro atoms. The summed E-state index contributed by atoms with van der Waals surface area (Å²) in [6, 6.07) is 3.97. The molecular weight excluding hydrogens is 432 g/mol. The summed E-state index contributed by atoms with van der Waals surface area (Å²) in [7, 11) is 0. The van der Waals surface area contributed by atoms with E-state index in [9.17, 15) is 9.59 Å². The highest BCUT2D eigenvalue weighted by atomic mass is 32.1. The van der Waals surface area contributed by atoms with Crippen molar-refractivity contribution in [2.45, 2.75) is 55.4 Å². The summed E-state index contributed by atoms with van der Waals surface area (Å²) in [6.45, 7) is 16.7. The van der Waals surface area contributed by atoms with Crippen LogP contribution < -0.4 is 10.9 Å². The summed E-state index contributed by atoms with van der Waals surface area (Å²) < 4.78 is 0. The highest BCUT2D eigenvalue weighted by Gasteiger charge is 2.24. The third-order valence-corrected chi connectivity index (χ3v) is 10.3. The fraction of sp³-hybridized carbons (Fsp3) is 0.286. The van der Waals surface area contributed by atoms with Crippen LogP contribution in [-0.2, 0) is 0 Å². The molecule has 5 aromatic rings. The Morgan fingerprint density at radius 2 is 1.03 bits per heavy atom. The van der Waals surface area contributed by atoms with E-state index in [-0.39, 0.29) is 10.9 Å². The van der Waals surface area contributed by atoms with E-state index < -0.39 is 0 Å². The molecule has 5 rings (SSSR count). The lowest BCUT2D eigenvalue weighted by Crippen LogP contribution is -2.02. The third kappa shape index (κ3) is 2.63. The van der Waals surface area contributed by atoms with E-state index in [1.165, 1.54) is 36.9 Å². The minimum Gasteiger partial charge on any atom is -0.289 e. The number of hydrogen-bond donors (Lipinski definition) is 0. The molecular formula is C28H26O2S2. The van der Waals surface area contributed by atoms with Crippen LogP contribution >= 0.6 is 22.7 Å². The van der Waals surface area contributed by atoms with Crippen LogP contribution in [0.25, 0.3) is 41.7 Å². The first-order chi connectivity index (χ1) is 15.0. The lowest BCUT2D eigenvalue weighted by atomic mass is 9.99. The molecule has 2 aromatic heterocycles. The summed E-state index contributed by atoms with van der Waals surface area (Å²) in [4.78, 5) is 31.4. The molecule has 0 bridgehead atoms. The molecule has 0 amide bonds. The molecule has 0 fully saturated rings. The zero-order chi connectivity index (χ0) is 23.2. The van der Waals surface area contributed by atoms with Crippen molar-refractivity contribution in [3.05, 3.63) is 76.4 Å². The summed E-state index contributed by atoms with van der Waals surface area (Å²) >= 11 is 3.57. The van der Waals surface area contributed by atoms with Crippen molar-refractivity contribution in [3.8, 4) is 20.2 Å². The lowest BCUT2D eigenvalue weighted by Gasteiger charge is -2.03. The van der Waals surface area contributed by atoms with Gasteiger partial charge in [-0.2, -0.15) is 0 Å². The minimum atomic E-state index is 0.0833. The van der Waals surface area contributed by atoms with E-state index in [0.29, 0.717) is 0 Å². The molecule has 0 aliphatic carbocycles. The first-order valence-electron chi connectivity index (χ1n) is 10.9. The van der Waals surface area contributed by atoms with E-state index >= 15 is 0 Å². The van der Waals surface area contributed by atoms with Crippen LogP contribution in [0.5, 0.6) is 0 Å². The molecule has 2 heterocycles. The fourth-order valence-electron chi connectivity index (χ4n) is 5.01. The van der Waals surface area contributed by atoms with Gasteiger partial charge in [0.05, 0.1) is 0 Å². The standard InChI is InChI=1S/C28H26O2S2/c1-11-9-19-16(6)23-20(17(7)22(19)24(11)29)10-21(25(23)30)26-14(4)15(5)28(32-26)27-13(3)12(2)18(8)31-27/h9-10H,1-8H3. The number of rotatable bonds is 2. The van der Waals surface area contributed by atoms with Gasteiger partial charge in [0.1, 0.15) is 0 Å². The zero-order valence-electron chi connectivity index (χ0n) is 19.8. The van der Waals surface area contributed by atoms with Gasteiger partial charge in [-0.3, -0.25) is 9.59 Å².